The molecule has 0 saturated carbocycles. The van der Waals surface area contributed by atoms with Crippen LogP contribution in [0.3, 0.4) is 0 Å². The van der Waals surface area contributed by atoms with Crippen molar-refractivity contribution in [2.75, 3.05) is 7.11 Å². The minimum atomic E-state index is -5.60. The molecule has 0 spiro atoms. The van der Waals surface area contributed by atoms with Gasteiger partial charge < -0.3 is 48.5 Å². The molecule has 0 aliphatic rings. The van der Waals surface area contributed by atoms with Gasteiger partial charge in [-0.3, -0.25) is 0 Å². The summed E-state index contributed by atoms with van der Waals surface area (Å²) in [5, 5.41) is 35.0. The van der Waals surface area contributed by atoms with Gasteiger partial charge in [-0.1, -0.05) is 47.7 Å². The van der Waals surface area contributed by atoms with Crippen LogP contribution >= 0.6 is 0 Å². The van der Waals surface area contributed by atoms with Crippen LogP contribution in [0.25, 0.3) is 44.5 Å². The molecule has 0 saturated heterocycles. The normalized spacial score (nSPS) is 10.7. The second kappa shape index (κ2) is 40.1. The smallest absolute Gasteiger partial charge is 0.744 e. The van der Waals surface area contributed by atoms with Crippen molar-refractivity contribution in [2.24, 2.45) is 0 Å². The van der Waals surface area contributed by atoms with Crippen molar-refractivity contribution in [3.8, 4) is 132 Å². The summed E-state index contributed by atoms with van der Waals surface area (Å²) in [4.78, 5) is -2.14. The molecular formula is C78H40F20K2O14S2. The van der Waals surface area contributed by atoms with E-state index < -0.39 is 192 Å². The number of phenolic OH excluding ortho intramolecular Hbond substituents is 4. The van der Waals surface area contributed by atoms with E-state index >= 15 is 35.1 Å². The predicted octanol–water partition coefficient (Wildman–Crippen LogP) is 14.2. The standard InChI is InChI=1S/C40H22F8O7S.C14H8F2.C12F10.C6H6O5S.C6H6O2.2K/c1-4-20-6-8-21(9-7-20)25-17-19(2)5-15-26(25)53-24-14-16-27(28(18-24)56(49,50)51)55-40-37(47)33(43)30(34(44)38(40)48)29-31(41)35(45)39(36(46)32(29)42)54-23-12-10-22(52-3)11-13-23;1-2-10-3-5-11(6-4-10)13-9-12(15)7-8-14(13)16;13-3-1(4(14)8(18)11(21)7(3)17)2-5(15)9(19)12(22)10(20)6(2)16;7-4-1-2-5(8)6(3-4)12(9,10)11;7-5-1-2-6(8)4-3-5;;/h1,5-18H,2-3H3,(H,49,50,51);1,3-9H;;1-3,7-8H,(H,9,10,11);1-4,7-8H;;/q;;;;;2*+1/p-2. The van der Waals surface area contributed by atoms with Gasteiger partial charge in [0, 0.05) is 34.4 Å². The van der Waals surface area contributed by atoms with E-state index in [1.54, 1.807) is 67.6 Å². The Labute approximate surface area is 727 Å². The van der Waals surface area contributed by atoms with Crippen LogP contribution < -0.4 is 122 Å². The predicted molar refractivity (Wildman–Crippen MR) is 362 cm³/mol. The molecule has 4 N–H and O–H groups in total. The van der Waals surface area contributed by atoms with E-state index in [2.05, 4.69) is 11.8 Å². The Morgan fingerprint density at radius 2 is 0.690 bits per heavy atom. The molecule has 0 aliphatic heterocycles. The Hall–Kier alpha value is -10.1. The maximum atomic E-state index is 15.4. The zero-order valence-corrected chi connectivity index (χ0v) is 66.4. The zero-order chi connectivity index (χ0) is 84.4. The Morgan fingerprint density at radius 1 is 0.336 bits per heavy atom. The van der Waals surface area contributed by atoms with E-state index in [1.165, 1.54) is 55.6 Å². The average molecular weight is 1720 g/mol. The van der Waals surface area contributed by atoms with Crippen LogP contribution in [0, 0.1) is 148 Å². The van der Waals surface area contributed by atoms with Gasteiger partial charge in [-0.05, 0) is 145 Å². The van der Waals surface area contributed by atoms with E-state index in [1.807, 2.05) is 0 Å². The molecule has 14 nitrogen and oxygen atoms in total. The summed E-state index contributed by atoms with van der Waals surface area (Å²) in [7, 11) is -9.02. The number of ether oxygens (including phenoxy) is 4. The molecule has 0 atom stereocenters. The van der Waals surface area contributed by atoms with Crippen LogP contribution in [-0.2, 0) is 20.2 Å². The van der Waals surface area contributed by atoms with Gasteiger partial charge in [0.2, 0.25) is 46.4 Å². The summed E-state index contributed by atoms with van der Waals surface area (Å²) in [6, 6.07) is 37.1. The number of terminal acetylenes is 2. The minimum Gasteiger partial charge on any atom is -0.744 e. The van der Waals surface area contributed by atoms with Crippen LogP contribution in [0.2, 0.25) is 0 Å². The van der Waals surface area contributed by atoms with E-state index in [9.17, 15) is 78.6 Å². The third-order valence-electron chi connectivity index (χ3n) is 15.1. The van der Waals surface area contributed by atoms with Gasteiger partial charge in [-0.25, -0.2) is 87.1 Å². The number of rotatable bonds is 13. The summed E-state index contributed by atoms with van der Waals surface area (Å²) in [6.45, 7) is 1.79. The molecule has 0 fully saturated rings. The molecule has 0 amide bonds. The number of methoxy groups -OCH3 is 1. The quantitative estimate of drug-likeness (QED) is 0.0160. The molecule has 0 radical (unpaired) electrons. The van der Waals surface area contributed by atoms with Crippen LogP contribution in [0.4, 0.5) is 87.8 Å². The van der Waals surface area contributed by atoms with Gasteiger partial charge in [-0.2, -0.15) is 17.6 Å². The van der Waals surface area contributed by atoms with Crippen molar-refractivity contribution >= 4 is 20.2 Å². The summed E-state index contributed by atoms with van der Waals surface area (Å²) < 4.78 is 368. The van der Waals surface area contributed by atoms with Crippen molar-refractivity contribution in [1.29, 1.82) is 0 Å². The van der Waals surface area contributed by atoms with Crippen molar-refractivity contribution in [2.45, 2.75) is 16.7 Å². The molecular weight excluding hydrogens is 1680 g/mol. The fourth-order valence-electron chi connectivity index (χ4n) is 9.65. The van der Waals surface area contributed by atoms with E-state index in [4.69, 9.17) is 52.2 Å². The third kappa shape index (κ3) is 21.9. The van der Waals surface area contributed by atoms with Crippen molar-refractivity contribution in [3.63, 3.8) is 0 Å². The fourth-order valence-corrected chi connectivity index (χ4v) is 10.9. The SMILES string of the molecule is C#Cc1ccc(-c2cc(C)ccc2Oc2ccc(Oc3c(F)c(F)c(-c4c(F)c(F)c(Oc5ccc(OC)cc5)c(F)c4F)c(F)c3F)c(S(=O)(=O)[O-])c2)cc1.C#Cc1ccc(-c2cc(F)ccc2F)cc1.Fc1c(F)c(F)c(-c2c(F)c(F)c(F)c(F)c2F)c(F)c1F.O=S(=O)([O-])c1cc(O)ccc1O.Oc1ccc(O)cc1.[K+].[K+]. The van der Waals surface area contributed by atoms with Crippen LogP contribution in [0.15, 0.2) is 180 Å². The van der Waals surface area contributed by atoms with E-state index in [0.29, 0.717) is 46.0 Å². The van der Waals surface area contributed by atoms with Gasteiger partial charge in [0.05, 0.1) is 34.3 Å². The Balaban J connectivity index is 0.000000280. The summed E-state index contributed by atoms with van der Waals surface area (Å²) in [6.07, 6.45) is 10.6. The molecule has 38 heteroatoms. The van der Waals surface area contributed by atoms with E-state index in [0.717, 1.165) is 48.0 Å². The van der Waals surface area contributed by atoms with Crippen LogP contribution in [0.5, 0.6) is 63.2 Å². The molecule has 0 bridgehead atoms. The monoisotopic (exact) mass is 1720 g/mol. The zero-order valence-electron chi connectivity index (χ0n) is 58.6. The van der Waals surface area contributed by atoms with Crippen molar-refractivity contribution in [3.05, 3.63) is 303 Å². The van der Waals surface area contributed by atoms with Gasteiger partial charge in [0.25, 0.3) is 0 Å². The molecule has 0 unspecified atom stereocenters. The Morgan fingerprint density at radius 3 is 1.08 bits per heavy atom. The van der Waals surface area contributed by atoms with Crippen molar-refractivity contribution < 1.29 is 256 Å². The van der Waals surface area contributed by atoms with E-state index in [-0.39, 0.29) is 149 Å². The largest absolute Gasteiger partial charge is 1.00 e. The first kappa shape index (κ1) is 94.7. The van der Waals surface area contributed by atoms with Gasteiger partial charge >= 0.3 is 103 Å². The molecule has 12 aromatic rings. The maximum Gasteiger partial charge on any atom is 1.00 e. The number of benzene rings is 12. The second-order valence-electron chi connectivity index (χ2n) is 22.5. The number of phenols is 4. The number of hydrogen-bond donors (Lipinski definition) is 4. The maximum absolute atomic E-state index is 15.4. The molecule has 0 heterocycles. The molecule has 116 heavy (non-hydrogen) atoms. The van der Waals surface area contributed by atoms with Gasteiger partial charge in [0.1, 0.15) is 88.5 Å². The summed E-state index contributed by atoms with van der Waals surface area (Å²) in [5.74, 6) is -48.5. The third-order valence-corrected chi connectivity index (χ3v) is 16.8. The van der Waals surface area contributed by atoms with Gasteiger partial charge in [-0.15, -0.1) is 12.8 Å². The summed E-state index contributed by atoms with van der Waals surface area (Å²) in [5.41, 5.74) is -4.89. The molecule has 12 aromatic carbocycles. The minimum absolute atomic E-state index is 0. The molecule has 0 aliphatic carbocycles. The number of aryl methyl sites for hydroxylation is 1. The van der Waals surface area contributed by atoms with Crippen LogP contribution in [0.1, 0.15) is 16.7 Å². The fraction of sp³-hybridized carbons (Fsp3) is 0.0256. The number of hydrogen-bond acceptors (Lipinski definition) is 14. The number of halogens is 20. The Kier molecular flexibility index (Phi) is 32.8. The Bertz CT molecular complexity index is 5840. The molecule has 0 aromatic heterocycles. The van der Waals surface area contributed by atoms with Gasteiger partial charge in [0.15, 0.2) is 69.8 Å². The molecule has 12 rings (SSSR count). The first-order valence-electron chi connectivity index (χ1n) is 30.7. The van der Waals surface area contributed by atoms with Crippen LogP contribution in [-0.4, -0.2) is 53.5 Å². The first-order valence-corrected chi connectivity index (χ1v) is 33.6. The number of aromatic hydroxyl groups is 4. The second-order valence-corrected chi connectivity index (χ2v) is 25.2. The average Bonchev–Trinajstić information content (AvgIpc) is 0.747. The molecule has 590 valence electrons. The topological polar surface area (TPSA) is 232 Å². The summed E-state index contributed by atoms with van der Waals surface area (Å²) >= 11 is 0. The first-order chi connectivity index (χ1) is 53.5. The van der Waals surface area contributed by atoms with Crippen molar-refractivity contribution in [1.82, 2.24) is 0 Å².